The molecule has 4 atom stereocenters. The Morgan fingerprint density at radius 3 is 2.39 bits per heavy atom. The first kappa shape index (κ1) is 18.8. The summed E-state index contributed by atoms with van der Waals surface area (Å²) in [7, 11) is 0. The number of nitro benzene ring substituents is 1. The van der Waals surface area contributed by atoms with E-state index >= 15 is 0 Å². The van der Waals surface area contributed by atoms with Gasteiger partial charge in [0.15, 0.2) is 0 Å². The van der Waals surface area contributed by atoms with Crippen LogP contribution in [0.3, 0.4) is 0 Å². The number of fused-ring (bicyclic) bond motifs is 8. The van der Waals surface area contributed by atoms with Gasteiger partial charge in [0.25, 0.3) is 5.69 Å². The molecule has 0 aromatic heterocycles. The number of para-hydroxylation sites is 1. The summed E-state index contributed by atoms with van der Waals surface area (Å²) in [5, 5.41) is 11.8. The van der Waals surface area contributed by atoms with Crippen LogP contribution in [-0.4, -0.2) is 4.92 Å². The van der Waals surface area contributed by atoms with E-state index in [1.54, 1.807) is 12.1 Å². The molecule has 2 fully saturated rings. The molecule has 3 aliphatic rings. The quantitative estimate of drug-likeness (QED) is 0.327. The van der Waals surface area contributed by atoms with Crippen molar-refractivity contribution in [3.05, 3.63) is 88.0 Å². The monoisotopic (exact) mass is 409 g/mol. The van der Waals surface area contributed by atoms with E-state index in [1.165, 1.54) is 54.4 Å². The average molecular weight is 410 g/mol. The van der Waals surface area contributed by atoms with Crippen LogP contribution in [0.15, 0.2) is 66.7 Å². The second-order valence-corrected chi connectivity index (χ2v) is 9.93. The van der Waals surface area contributed by atoms with Crippen molar-refractivity contribution < 1.29 is 4.92 Å². The predicted molar refractivity (Wildman–Crippen MR) is 124 cm³/mol. The minimum absolute atomic E-state index is 0.0523. The summed E-state index contributed by atoms with van der Waals surface area (Å²) in [5.74, 6) is 2.28. The van der Waals surface area contributed by atoms with E-state index in [0.29, 0.717) is 5.92 Å². The zero-order valence-corrected chi connectivity index (χ0v) is 17.9. The van der Waals surface area contributed by atoms with Crippen LogP contribution in [0.5, 0.6) is 0 Å². The van der Waals surface area contributed by atoms with Crippen LogP contribution in [0.25, 0.3) is 22.3 Å². The second-order valence-electron chi connectivity index (χ2n) is 9.93. The van der Waals surface area contributed by atoms with Crippen molar-refractivity contribution in [1.82, 2.24) is 0 Å². The Labute approximate surface area is 183 Å². The van der Waals surface area contributed by atoms with Gasteiger partial charge in [0, 0.05) is 11.5 Å². The Balaban J connectivity index is 1.64. The molecule has 0 radical (unpaired) electrons. The third-order valence-electron chi connectivity index (χ3n) is 8.30. The average Bonchev–Trinajstić information content (AvgIpc) is 3.07. The van der Waals surface area contributed by atoms with Crippen LogP contribution < -0.4 is 0 Å². The zero-order chi connectivity index (χ0) is 21.2. The van der Waals surface area contributed by atoms with Crippen LogP contribution in [-0.2, 0) is 5.41 Å². The van der Waals surface area contributed by atoms with Crippen LogP contribution in [0, 0.1) is 27.9 Å². The molecule has 3 aliphatic carbocycles. The second kappa shape index (κ2) is 6.78. The fourth-order valence-electron chi connectivity index (χ4n) is 7.26. The van der Waals surface area contributed by atoms with E-state index < -0.39 is 0 Å². The van der Waals surface area contributed by atoms with E-state index in [1.807, 2.05) is 12.1 Å². The lowest BCUT2D eigenvalue weighted by molar-refractivity contribution is -0.384. The minimum atomic E-state index is -0.251. The molecule has 3 nitrogen and oxygen atoms in total. The third kappa shape index (κ3) is 2.59. The number of rotatable bonds is 2. The summed E-state index contributed by atoms with van der Waals surface area (Å²) in [6, 6.07) is 22.6. The molecule has 0 saturated heterocycles. The molecule has 156 valence electrons. The van der Waals surface area contributed by atoms with Gasteiger partial charge >= 0.3 is 0 Å². The Morgan fingerprint density at radius 2 is 1.55 bits per heavy atom. The Morgan fingerprint density at radius 1 is 0.839 bits per heavy atom. The van der Waals surface area contributed by atoms with Crippen LogP contribution in [0.2, 0.25) is 0 Å². The molecule has 31 heavy (non-hydrogen) atoms. The zero-order valence-electron chi connectivity index (χ0n) is 17.9. The van der Waals surface area contributed by atoms with Crippen molar-refractivity contribution >= 4 is 5.69 Å². The first-order valence-corrected chi connectivity index (χ1v) is 11.6. The maximum absolute atomic E-state index is 11.8. The number of hydrogen-bond acceptors (Lipinski definition) is 2. The smallest absolute Gasteiger partial charge is 0.258 e. The lowest BCUT2D eigenvalue weighted by Crippen LogP contribution is -2.44. The van der Waals surface area contributed by atoms with Crippen molar-refractivity contribution in [2.45, 2.75) is 44.4 Å². The minimum Gasteiger partial charge on any atom is -0.258 e. The van der Waals surface area contributed by atoms with Crippen molar-refractivity contribution in [1.29, 1.82) is 0 Å². The van der Waals surface area contributed by atoms with Crippen molar-refractivity contribution in [3.63, 3.8) is 0 Å². The molecular weight excluding hydrogens is 382 g/mol. The number of benzene rings is 3. The molecular formula is C28H27NO2. The Bertz CT molecular complexity index is 1200. The van der Waals surface area contributed by atoms with E-state index in [4.69, 9.17) is 0 Å². The summed E-state index contributed by atoms with van der Waals surface area (Å²) in [4.78, 5) is 11.6. The van der Waals surface area contributed by atoms with Crippen LogP contribution >= 0.6 is 0 Å². The van der Waals surface area contributed by atoms with E-state index in [0.717, 1.165) is 23.0 Å². The van der Waals surface area contributed by atoms with Gasteiger partial charge in [-0.1, -0.05) is 61.5 Å². The molecule has 3 aromatic rings. The highest BCUT2D eigenvalue weighted by molar-refractivity contribution is 5.94. The van der Waals surface area contributed by atoms with Gasteiger partial charge in [-0.05, 0) is 83.7 Å². The first-order chi connectivity index (χ1) is 15.1. The highest BCUT2D eigenvalue weighted by atomic mass is 16.6. The van der Waals surface area contributed by atoms with Crippen molar-refractivity contribution in [2.75, 3.05) is 0 Å². The Hall–Kier alpha value is -2.94. The highest BCUT2D eigenvalue weighted by Crippen LogP contribution is 2.63. The van der Waals surface area contributed by atoms with Gasteiger partial charge in [-0.15, -0.1) is 0 Å². The molecule has 2 saturated carbocycles. The maximum Gasteiger partial charge on any atom is 0.277 e. The molecule has 6 rings (SSSR count). The normalized spacial score (nSPS) is 28.2. The molecule has 0 N–H and O–H groups in total. The van der Waals surface area contributed by atoms with E-state index in [2.05, 4.69) is 49.4 Å². The van der Waals surface area contributed by atoms with Crippen LogP contribution in [0.4, 0.5) is 5.69 Å². The first-order valence-electron chi connectivity index (χ1n) is 11.6. The number of nitrogens with zero attached hydrogens (tertiary/aromatic N) is 1. The molecule has 2 bridgehead atoms. The lowest BCUT2D eigenvalue weighted by atomic mass is 9.53. The third-order valence-corrected chi connectivity index (χ3v) is 8.30. The van der Waals surface area contributed by atoms with Gasteiger partial charge in [0.1, 0.15) is 0 Å². The topological polar surface area (TPSA) is 43.1 Å². The fraction of sp³-hybridized carbons (Fsp3) is 0.357. The predicted octanol–water partition coefficient (Wildman–Crippen LogP) is 7.37. The summed E-state index contributed by atoms with van der Waals surface area (Å²) in [6.07, 6.45) is 6.44. The van der Waals surface area contributed by atoms with Gasteiger partial charge < -0.3 is 0 Å². The summed E-state index contributed by atoms with van der Waals surface area (Å²) in [6.45, 7) is 2.42. The van der Waals surface area contributed by atoms with Gasteiger partial charge in [-0.25, -0.2) is 0 Å². The summed E-state index contributed by atoms with van der Waals surface area (Å²) >= 11 is 0. The maximum atomic E-state index is 11.8. The molecule has 4 unspecified atom stereocenters. The molecule has 3 heteroatoms. The molecule has 0 aliphatic heterocycles. The Kier molecular flexibility index (Phi) is 4.11. The standard InChI is InChI=1S/C28H27NO2/c1-18-15-19-13-14-28(20(16-18)17-19)24-10-4-2-8-23(24)27-22(9-6-11-25(27)28)21-7-3-5-12-26(21)29(30)31/h2-12,18-20H,13-17H2,1H3. The fourth-order valence-corrected chi connectivity index (χ4v) is 7.26. The van der Waals surface area contributed by atoms with Gasteiger partial charge in [0.2, 0.25) is 0 Å². The summed E-state index contributed by atoms with van der Waals surface area (Å²) < 4.78 is 0. The molecule has 0 heterocycles. The van der Waals surface area contributed by atoms with Gasteiger partial charge in [-0.2, -0.15) is 0 Å². The van der Waals surface area contributed by atoms with Crippen molar-refractivity contribution in [2.24, 2.45) is 17.8 Å². The van der Waals surface area contributed by atoms with Gasteiger partial charge in [0.05, 0.1) is 10.5 Å². The van der Waals surface area contributed by atoms with Gasteiger partial charge in [-0.3, -0.25) is 10.1 Å². The highest BCUT2D eigenvalue weighted by Gasteiger charge is 2.53. The lowest BCUT2D eigenvalue weighted by Gasteiger charge is -2.50. The molecule has 3 aromatic carbocycles. The van der Waals surface area contributed by atoms with Crippen molar-refractivity contribution in [3.8, 4) is 22.3 Å². The largest absolute Gasteiger partial charge is 0.277 e. The number of hydrogen-bond donors (Lipinski definition) is 0. The molecule has 0 amide bonds. The van der Waals surface area contributed by atoms with E-state index in [-0.39, 0.29) is 16.0 Å². The SMILES string of the molecule is CC1CC2CCC3(c4ccccc4-c4c(-c5ccccc5[N+](=O)[O-])cccc43)C(C1)C2. The van der Waals surface area contributed by atoms with E-state index in [9.17, 15) is 10.1 Å². The van der Waals surface area contributed by atoms with Crippen LogP contribution in [0.1, 0.15) is 50.2 Å². The molecule has 1 spiro atoms. The number of nitro groups is 1. The summed E-state index contributed by atoms with van der Waals surface area (Å²) in [5.41, 5.74) is 7.32.